The minimum Gasteiger partial charge on any atom is -0.394 e. The molecule has 1 aliphatic heterocycles. The van der Waals surface area contributed by atoms with Gasteiger partial charge in [-0.05, 0) is 44.9 Å². The SMILES string of the molecule is CCCCCCCCCCC/C=C\C/C=C\CCCCCCCCCCCCCCCCCCCC(=O)NC(COC1OC(CO)C(O)C(O)C1O)C(O)CCCCCCCCCCCCCCCC. The molecule has 0 radical (unpaired) electrons. The van der Waals surface area contributed by atoms with Crippen LogP contribution in [0.5, 0.6) is 0 Å². The van der Waals surface area contributed by atoms with Crippen LogP contribution in [0.4, 0.5) is 0 Å². The molecular weight excluding hydrogens is 875 g/mol. The molecule has 414 valence electrons. The van der Waals surface area contributed by atoms with Crippen molar-refractivity contribution in [1.29, 1.82) is 0 Å². The fourth-order valence-electron chi connectivity index (χ4n) is 9.96. The predicted octanol–water partition coefficient (Wildman–Crippen LogP) is 15.4. The van der Waals surface area contributed by atoms with Gasteiger partial charge in [-0.3, -0.25) is 4.79 Å². The maximum Gasteiger partial charge on any atom is 0.220 e. The smallest absolute Gasteiger partial charge is 0.220 e. The van der Waals surface area contributed by atoms with Crippen molar-refractivity contribution in [2.24, 2.45) is 0 Å². The summed E-state index contributed by atoms with van der Waals surface area (Å²) in [5.41, 5.74) is 0. The van der Waals surface area contributed by atoms with E-state index in [2.05, 4.69) is 43.5 Å². The number of allylic oxidation sites excluding steroid dienone is 4. The highest BCUT2D eigenvalue weighted by molar-refractivity contribution is 5.76. The summed E-state index contributed by atoms with van der Waals surface area (Å²) in [6.45, 7) is 3.86. The van der Waals surface area contributed by atoms with Crippen LogP contribution >= 0.6 is 0 Å². The minimum absolute atomic E-state index is 0.134. The molecule has 9 heteroatoms. The highest BCUT2D eigenvalue weighted by atomic mass is 16.7. The predicted molar refractivity (Wildman–Crippen MR) is 295 cm³/mol. The van der Waals surface area contributed by atoms with E-state index in [4.69, 9.17) is 9.47 Å². The summed E-state index contributed by atoms with van der Waals surface area (Å²) < 4.78 is 11.3. The lowest BCUT2D eigenvalue weighted by atomic mass is 9.99. The highest BCUT2D eigenvalue weighted by Gasteiger charge is 2.44. The topological polar surface area (TPSA) is 149 Å². The second kappa shape index (κ2) is 51.2. The maximum absolute atomic E-state index is 13.1. The van der Waals surface area contributed by atoms with E-state index in [1.807, 2.05) is 0 Å². The van der Waals surface area contributed by atoms with Gasteiger partial charge >= 0.3 is 0 Å². The standard InChI is InChI=1S/C61H117NO8/c1-3-5-7-9-11-13-15-17-19-20-21-22-23-24-25-26-27-28-29-30-31-32-33-34-35-36-37-39-41-43-45-47-49-51-57(65)62-54(53-69-61-60(68)59(67)58(66)56(52-63)70-61)55(64)50-48-46-44-42-40-38-18-16-14-12-10-8-6-4-2/h21-22,24-25,54-56,58-61,63-64,66-68H,3-20,23,26-53H2,1-2H3,(H,62,65)/b22-21-,25-24-. The first-order chi connectivity index (χ1) is 34.3. The van der Waals surface area contributed by atoms with E-state index < -0.39 is 49.5 Å². The number of unbranched alkanes of at least 4 members (excludes halogenated alkanes) is 39. The average Bonchev–Trinajstić information content (AvgIpc) is 3.36. The Morgan fingerprint density at radius 3 is 1.23 bits per heavy atom. The molecule has 0 bridgehead atoms. The zero-order valence-electron chi connectivity index (χ0n) is 46.0. The van der Waals surface area contributed by atoms with Crippen molar-refractivity contribution >= 4 is 5.91 Å². The molecule has 0 saturated carbocycles. The summed E-state index contributed by atoms with van der Waals surface area (Å²) in [5, 5.41) is 54.6. The Hall–Kier alpha value is -1.33. The van der Waals surface area contributed by atoms with Gasteiger partial charge in [0.2, 0.25) is 5.91 Å². The third kappa shape index (κ3) is 40.1. The molecule has 0 aromatic rings. The molecule has 7 atom stereocenters. The third-order valence-electron chi connectivity index (χ3n) is 14.8. The van der Waals surface area contributed by atoms with Crippen molar-refractivity contribution in [3.63, 3.8) is 0 Å². The van der Waals surface area contributed by atoms with E-state index in [-0.39, 0.29) is 12.5 Å². The fraction of sp³-hybridized carbons (Fsp3) is 0.918. The molecule has 70 heavy (non-hydrogen) atoms. The summed E-state index contributed by atoms with van der Waals surface area (Å²) in [5.74, 6) is -0.140. The van der Waals surface area contributed by atoms with E-state index in [1.54, 1.807) is 0 Å². The summed E-state index contributed by atoms with van der Waals surface area (Å²) in [6.07, 6.45) is 58.0. The lowest BCUT2D eigenvalue weighted by Gasteiger charge is -2.40. The number of carbonyl (C=O) groups excluding carboxylic acids is 1. The van der Waals surface area contributed by atoms with Gasteiger partial charge in [-0.25, -0.2) is 0 Å². The van der Waals surface area contributed by atoms with Gasteiger partial charge in [0.25, 0.3) is 0 Å². The number of carbonyl (C=O) groups is 1. The Morgan fingerprint density at radius 1 is 0.486 bits per heavy atom. The first-order valence-corrected chi connectivity index (χ1v) is 30.5. The number of aliphatic hydroxyl groups is 5. The summed E-state index contributed by atoms with van der Waals surface area (Å²) in [7, 11) is 0. The minimum atomic E-state index is -1.55. The average molecular weight is 993 g/mol. The molecule has 1 saturated heterocycles. The van der Waals surface area contributed by atoms with Gasteiger partial charge in [0.15, 0.2) is 6.29 Å². The number of aliphatic hydroxyl groups excluding tert-OH is 5. The molecule has 1 heterocycles. The Kier molecular flexibility index (Phi) is 48.7. The van der Waals surface area contributed by atoms with Crippen LogP contribution in [0.3, 0.4) is 0 Å². The van der Waals surface area contributed by atoms with E-state index >= 15 is 0 Å². The van der Waals surface area contributed by atoms with E-state index in [1.165, 1.54) is 231 Å². The number of hydrogen-bond donors (Lipinski definition) is 6. The Morgan fingerprint density at radius 2 is 0.843 bits per heavy atom. The van der Waals surface area contributed by atoms with Gasteiger partial charge in [0, 0.05) is 6.42 Å². The van der Waals surface area contributed by atoms with E-state index in [9.17, 15) is 30.3 Å². The molecule has 0 aromatic heterocycles. The van der Waals surface area contributed by atoms with Crippen LogP contribution in [0, 0.1) is 0 Å². The van der Waals surface area contributed by atoms with Crippen molar-refractivity contribution in [1.82, 2.24) is 5.32 Å². The first kappa shape index (κ1) is 66.7. The number of hydrogen-bond acceptors (Lipinski definition) is 8. The van der Waals surface area contributed by atoms with Crippen LogP contribution in [-0.2, 0) is 14.3 Å². The van der Waals surface area contributed by atoms with Crippen molar-refractivity contribution < 1.29 is 39.8 Å². The lowest BCUT2D eigenvalue weighted by Crippen LogP contribution is -2.60. The molecule has 0 spiro atoms. The molecule has 0 aromatic carbocycles. The monoisotopic (exact) mass is 992 g/mol. The van der Waals surface area contributed by atoms with Crippen LogP contribution in [-0.4, -0.2) is 87.5 Å². The highest BCUT2D eigenvalue weighted by Crippen LogP contribution is 2.23. The van der Waals surface area contributed by atoms with Crippen LogP contribution in [0.15, 0.2) is 24.3 Å². The summed E-state index contributed by atoms with van der Waals surface area (Å²) in [6, 6.07) is -0.716. The van der Waals surface area contributed by atoms with Crippen molar-refractivity contribution in [3.05, 3.63) is 24.3 Å². The summed E-state index contributed by atoms with van der Waals surface area (Å²) >= 11 is 0. The van der Waals surface area contributed by atoms with Gasteiger partial charge in [-0.2, -0.15) is 0 Å². The van der Waals surface area contributed by atoms with Gasteiger partial charge in [-0.1, -0.05) is 276 Å². The fourth-order valence-corrected chi connectivity index (χ4v) is 9.96. The Labute approximate surface area is 432 Å². The maximum atomic E-state index is 13.1. The summed E-state index contributed by atoms with van der Waals surface area (Å²) in [4.78, 5) is 13.1. The molecule has 1 amide bonds. The second-order valence-corrected chi connectivity index (χ2v) is 21.5. The van der Waals surface area contributed by atoms with Crippen LogP contribution < -0.4 is 5.32 Å². The Balaban J connectivity index is 2.09. The molecule has 1 aliphatic rings. The normalized spacial score (nSPS) is 19.4. The zero-order chi connectivity index (χ0) is 50.8. The third-order valence-corrected chi connectivity index (χ3v) is 14.8. The lowest BCUT2D eigenvalue weighted by molar-refractivity contribution is -0.302. The first-order valence-electron chi connectivity index (χ1n) is 30.5. The molecule has 1 fully saturated rings. The van der Waals surface area contributed by atoms with Gasteiger partial charge in [-0.15, -0.1) is 0 Å². The van der Waals surface area contributed by atoms with Crippen LogP contribution in [0.2, 0.25) is 0 Å². The second-order valence-electron chi connectivity index (χ2n) is 21.5. The van der Waals surface area contributed by atoms with Crippen molar-refractivity contribution in [3.8, 4) is 0 Å². The van der Waals surface area contributed by atoms with Gasteiger partial charge < -0.3 is 40.3 Å². The van der Waals surface area contributed by atoms with Gasteiger partial charge in [0.05, 0.1) is 25.4 Å². The molecular formula is C61H117NO8. The van der Waals surface area contributed by atoms with Crippen LogP contribution in [0.1, 0.15) is 303 Å². The molecule has 9 nitrogen and oxygen atoms in total. The Bertz CT molecular complexity index is 1150. The molecule has 6 N–H and O–H groups in total. The van der Waals surface area contributed by atoms with E-state index in [0.717, 1.165) is 44.9 Å². The number of rotatable bonds is 53. The van der Waals surface area contributed by atoms with Crippen LogP contribution in [0.25, 0.3) is 0 Å². The van der Waals surface area contributed by atoms with Crippen molar-refractivity contribution in [2.45, 2.75) is 346 Å². The number of amides is 1. The number of ether oxygens (including phenoxy) is 2. The largest absolute Gasteiger partial charge is 0.394 e. The molecule has 7 unspecified atom stereocenters. The number of nitrogens with one attached hydrogen (secondary N) is 1. The quantitative estimate of drug-likeness (QED) is 0.0261. The van der Waals surface area contributed by atoms with E-state index in [0.29, 0.717) is 12.8 Å². The molecule has 1 rings (SSSR count). The zero-order valence-corrected chi connectivity index (χ0v) is 46.0. The van der Waals surface area contributed by atoms with Gasteiger partial charge in [0.1, 0.15) is 24.4 Å². The van der Waals surface area contributed by atoms with Crippen molar-refractivity contribution in [2.75, 3.05) is 13.2 Å². The molecule has 0 aliphatic carbocycles.